The number of ether oxygens (including phenoxy) is 1. The van der Waals surface area contributed by atoms with E-state index < -0.39 is 18.4 Å². The zero-order valence-corrected chi connectivity index (χ0v) is 20.8. The number of carbonyl (C=O) groups is 1. The van der Waals surface area contributed by atoms with Gasteiger partial charge in [-0.05, 0) is 30.5 Å². The zero-order valence-electron chi connectivity index (χ0n) is 20.0. The molecule has 11 nitrogen and oxygen atoms in total. The van der Waals surface area contributed by atoms with Gasteiger partial charge in [0.15, 0.2) is 5.82 Å². The molecule has 0 aliphatic heterocycles. The van der Waals surface area contributed by atoms with Crippen LogP contribution in [0.25, 0.3) is 33.2 Å². The molecule has 1 saturated carbocycles. The van der Waals surface area contributed by atoms with Crippen LogP contribution in [0.1, 0.15) is 24.1 Å². The van der Waals surface area contributed by atoms with Gasteiger partial charge in [-0.15, -0.1) is 0 Å². The Morgan fingerprint density at radius 1 is 1.37 bits per heavy atom. The lowest BCUT2D eigenvalue weighted by Crippen LogP contribution is -2.13. The summed E-state index contributed by atoms with van der Waals surface area (Å²) in [4.78, 5) is 21.3. The fourth-order valence-electron chi connectivity index (χ4n) is 3.88. The number of nitrogens with zero attached hydrogens (tertiary/aromatic N) is 4. The van der Waals surface area contributed by atoms with Crippen molar-refractivity contribution >= 4 is 28.3 Å². The number of hydrogen-bond donors (Lipinski definition) is 4. The minimum absolute atomic E-state index is 0.00162. The number of fused-ring (bicyclic) bond motifs is 1. The first-order chi connectivity index (χ1) is 18.2. The van der Waals surface area contributed by atoms with Crippen LogP contribution in [0, 0.1) is 17.1 Å². The lowest BCUT2D eigenvalue weighted by Gasteiger charge is -2.15. The fourth-order valence-corrected chi connectivity index (χ4v) is 4.08. The number of aromatic amines is 1. The molecule has 0 bridgehead atoms. The molecule has 0 spiro atoms. The maximum Gasteiger partial charge on any atom is 0.329 e. The number of nitrogens with one attached hydrogen (secondary N) is 1. The smallest absolute Gasteiger partial charge is 0.329 e. The van der Waals surface area contributed by atoms with E-state index >= 15 is 4.39 Å². The molecule has 0 atom stereocenters. The van der Waals surface area contributed by atoms with Crippen molar-refractivity contribution in [1.29, 1.82) is 5.26 Å². The average molecular weight is 541 g/mol. The number of aliphatic hydroxyl groups is 1. The largest absolute Gasteiger partial charge is 0.489 e. The molecule has 5 rings (SSSR count). The number of hydrogen-bond acceptors (Lipinski definition) is 8. The highest BCUT2D eigenvalue weighted by Crippen LogP contribution is 2.43. The molecular weight excluding hydrogens is 519 g/mol. The highest BCUT2D eigenvalue weighted by Gasteiger charge is 2.29. The number of benzene rings is 2. The Kier molecular flexibility index (Phi) is 7.72. The van der Waals surface area contributed by atoms with Crippen LogP contribution in [0.5, 0.6) is 5.75 Å². The SMILES string of the molecule is Cn1ncc(-c2ccc3c(=O)[nH]nc(CN)c3c2)c1-c1c(F)c(Cl)cc(OC2CC2)c1C#N.O=C(O)CO. The van der Waals surface area contributed by atoms with Gasteiger partial charge in [-0.25, -0.2) is 14.3 Å². The number of rotatable bonds is 6. The third-order valence-electron chi connectivity index (χ3n) is 5.80. The highest BCUT2D eigenvalue weighted by atomic mass is 35.5. The molecule has 196 valence electrons. The number of aryl methyl sites for hydroxylation is 1. The van der Waals surface area contributed by atoms with E-state index in [9.17, 15) is 10.1 Å². The Morgan fingerprint density at radius 2 is 2.08 bits per heavy atom. The van der Waals surface area contributed by atoms with Crippen LogP contribution in [0.4, 0.5) is 4.39 Å². The predicted molar refractivity (Wildman–Crippen MR) is 136 cm³/mol. The van der Waals surface area contributed by atoms with Crippen molar-refractivity contribution in [2.24, 2.45) is 12.8 Å². The Hall–Kier alpha value is -4.31. The van der Waals surface area contributed by atoms with Crippen LogP contribution < -0.4 is 16.0 Å². The molecular formula is C25H22ClFN6O5. The van der Waals surface area contributed by atoms with E-state index in [1.54, 1.807) is 31.4 Å². The van der Waals surface area contributed by atoms with E-state index in [2.05, 4.69) is 21.4 Å². The molecule has 13 heteroatoms. The van der Waals surface area contributed by atoms with Gasteiger partial charge < -0.3 is 20.7 Å². The first-order valence-corrected chi connectivity index (χ1v) is 11.7. The van der Waals surface area contributed by atoms with Gasteiger partial charge in [0.25, 0.3) is 5.56 Å². The summed E-state index contributed by atoms with van der Waals surface area (Å²) >= 11 is 6.20. The molecule has 1 aliphatic rings. The topological polar surface area (TPSA) is 180 Å². The van der Waals surface area contributed by atoms with Crippen LogP contribution in [0.3, 0.4) is 0 Å². The summed E-state index contributed by atoms with van der Waals surface area (Å²) in [6, 6.07) is 8.57. The van der Waals surface area contributed by atoms with E-state index in [1.165, 1.54) is 10.7 Å². The molecule has 0 unspecified atom stereocenters. The average Bonchev–Trinajstić information content (AvgIpc) is 3.65. The second-order valence-corrected chi connectivity index (χ2v) is 8.80. The van der Waals surface area contributed by atoms with Crippen molar-refractivity contribution in [3.05, 3.63) is 62.9 Å². The first kappa shape index (κ1) is 26.7. The van der Waals surface area contributed by atoms with Crippen LogP contribution >= 0.6 is 11.6 Å². The molecule has 5 N–H and O–H groups in total. The van der Waals surface area contributed by atoms with Crippen molar-refractivity contribution in [3.63, 3.8) is 0 Å². The number of aromatic nitrogens is 4. The second-order valence-electron chi connectivity index (χ2n) is 8.40. The summed E-state index contributed by atoms with van der Waals surface area (Å²) in [6.07, 6.45) is 3.32. The second kappa shape index (κ2) is 11.0. The molecule has 4 aromatic rings. The number of aliphatic carboxylic acids is 1. The van der Waals surface area contributed by atoms with E-state index in [-0.39, 0.29) is 40.1 Å². The molecule has 0 radical (unpaired) electrons. The Bertz CT molecular complexity index is 1640. The van der Waals surface area contributed by atoms with Crippen LogP contribution in [0.15, 0.2) is 35.3 Å². The maximum absolute atomic E-state index is 15.4. The number of carboxylic acid groups (broad SMARTS) is 1. The van der Waals surface area contributed by atoms with Crippen molar-refractivity contribution in [3.8, 4) is 34.2 Å². The molecule has 2 aromatic heterocycles. The van der Waals surface area contributed by atoms with Gasteiger partial charge in [0, 0.05) is 30.6 Å². The van der Waals surface area contributed by atoms with Crippen LogP contribution in [-0.4, -0.2) is 48.9 Å². The molecule has 2 aromatic carbocycles. The molecule has 1 aliphatic carbocycles. The quantitative estimate of drug-likeness (QED) is 0.286. The Labute approximate surface area is 219 Å². The summed E-state index contributed by atoms with van der Waals surface area (Å²) in [5.41, 5.74) is 7.61. The van der Waals surface area contributed by atoms with E-state index in [0.717, 1.165) is 12.8 Å². The number of halogens is 2. The highest BCUT2D eigenvalue weighted by molar-refractivity contribution is 6.31. The van der Waals surface area contributed by atoms with Gasteiger partial charge in [0.1, 0.15) is 24.0 Å². The minimum Gasteiger partial charge on any atom is -0.489 e. The maximum atomic E-state index is 15.4. The Morgan fingerprint density at radius 3 is 2.68 bits per heavy atom. The van der Waals surface area contributed by atoms with Gasteiger partial charge in [0.2, 0.25) is 0 Å². The number of carboxylic acids is 1. The molecule has 38 heavy (non-hydrogen) atoms. The Balaban J connectivity index is 0.000000617. The monoisotopic (exact) mass is 540 g/mol. The molecule has 2 heterocycles. The fraction of sp³-hybridized carbons (Fsp3) is 0.240. The van der Waals surface area contributed by atoms with Crippen molar-refractivity contribution < 1.29 is 24.1 Å². The van der Waals surface area contributed by atoms with Crippen molar-refractivity contribution in [2.45, 2.75) is 25.5 Å². The molecule has 1 fully saturated rings. The zero-order chi connectivity index (χ0) is 27.6. The van der Waals surface area contributed by atoms with E-state index in [1.807, 2.05) is 0 Å². The normalized spacial score (nSPS) is 12.5. The lowest BCUT2D eigenvalue weighted by molar-refractivity contribution is -0.140. The minimum atomic E-state index is -1.19. The van der Waals surface area contributed by atoms with Gasteiger partial charge >= 0.3 is 5.97 Å². The third-order valence-corrected chi connectivity index (χ3v) is 6.07. The summed E-state index contributed by atoms with van der Waals surface area (Å²) in [5, 5.41) is 36.6. The number of H-pyrrole nitrogens is 1. The number of nitrogens with two attached hydrogens (primary N) is 1. The molecule has 0 amide bonds. The van der Waals surface area contributed by atoms with Gasteiger partial charge in [0.05, 0.1) is 39.7 Å². The van der Waals surface area contributed by atoms with Crippen molar-refractivity contribution in [2.75, 3.05) is 6.61 Å². The van der Waals surface area contributed by atoms with E-state index in [0.29, 0.717) is 33.3 Å². The first-order valence-electron chi connectivity index (χ1n) is 11.4. The molecule has 0 saturated heterocycles. The van der Waals surface area contributed by atoms with Gasteiger partial charge in [-0.3, -0.25) is 9.48 Å². The van der Waals surface area contributed by atoms with Crippen LogP contribution in [0.2, 0.25) is 5.02 Å². The summed E-state index contributed by atoms with van der Waals surface area (Å²) < 4.78 is 22.7. The summed E-state index contributed by atoms with van der Waals surface area (Å²) in [5.74, 6) is -1.68. The number of aliphatic hydroxyl groups excluding tert-OH is 1. The predicted octanol–water partition coefficient (Wildman–Crippen LogP) is 2.72. The van der Waals surface area contributed by atoms with E-state index in [4.69, 9.17) is 37.1 Å². The standard InChI is InChI=1S/C23H18ClFN6O2.C2H4O3/c1-31-22(20-15(8-26)19(33-12-3-4-12)7-17(24)21(20)25)16(10-28-31)11-2-5-13-14(6-11)18(9-27)29-30-23(13)32;3-1-2(4)5/h2,5-7,10,12H,3-4,9,27H2,1H3,(H,30,32);3H,1H2,(H,4,5). The number of nitriles is 1. The third kappa shape index (κ3) is 5.21. The summed E-state index contributed by atoms with van der Waals surface area (Å²) in [6.45, 7) is -0.653. The summed E-state index contributed by atoms with van der Waals surface area (Å²) in [7, 11) is 1.65. The lowest BCUT2D eigenvalue weighted by atomic mass is 9.95. The van der Waals surface area contributed by atoms with Crippen LogP contribution in [-0.2, 0) is 18.4 Å². The van der Waals surface area contributed by atoms with Gasteiger partial charge in [-0.2, -0.15) is 15.5 Å². The van der Waals surface area contributed by atoms with Gasteiger partial charge in [-0.1, -0.05) is 17.7 Å². The van der Waals surface area contributed by atoms with Crippen molar-refractivity contribution in [1.82, 2.24) is 20.0 Å².